The Morgan fingerprint density at radius 2 is 2.23 bits per heavy atom. The molecule has 0 aliphatic carbocycles. The molecule has 1 atom stereocenters. The number of primary amides is 1. The third kappa shape index (κ3) is 3.67. The molecule has 0 bridgehead atoms. The second-order valence-electron chi connectivity index (χ2n) is 5.01. The topological polar surface area (TPSA) is 91.1 Å². The first-order valence-electron chi connectivity index (χ1n) is 7.02. The van der Waals surface area contributed by atoms with E-state index in [1.807, 2.05) is 6.92 Å². The molecule has 0 aromatic heterocycles. The SMILES string of the molecule is COc1cccc(C(N)=O)c1OCC(=O)N1CCO[C@H](C)C1. The third-order valence-electron chi connectivity index (χ3n) is 3.40. The number of para-hydroxylation sites is 1. The van der Waals surface area contributed by atoms with Gasteiger partial charge in [0.2, 0.25) is 0 Å². The van der Waals surface area contributed by atoms with Crippen molar-refractivity contribution in [1.29, 1.82) is 0 Å². The number of rotatable bonds is 5. The Balaban J connectivity index is 2.07. The summed E-state index contributed by atoms with van der Waals surface area (Å²) in [5.41, 5.74) is 5.50. The highest BCUT2D eigenvalue weighted by Crippen LogP contribution is 2.30. The Kier molecular flexibility index (Phi) is 5.21. The van der Waals surface area contributed by atoms with E-state index >= 15 is 0 Å². The van der Waals surface area contributed by atoms with E-state index in [0.717, 1.165) is 0 Å². The van der Waals surface area contributed by atoms with Gasteiger partial charge in [-0.25, -0.2) is 0 Å². The van der Waals surface area contributed by atoms with Crippen LogP contribution in [0.3, 0.4) is 0 Å². The normalized spacial score (nSPS) is 17.9. The van der Waals surface area contributed by atoms with Gasteiger partial charge in [0.05, 0.1) is 25.4 Å². The minimum Gasteiger partial charge on any atom is -0.493 e. The summed E-state index contributed by atoms with van der Waals surface area (Å²) in [6.45, 7) is 3.28. The number of morpholine rings is 1. The molecule has 0 saturated carbocycles. The Bertz CT molecular complexity index is 561. The average molecular weight is 308 g/mol. The first-order valence-corrected chi connectivity index (χ1v) is 7.02. The van der Waals surface area contributed by atoms with Gasteiger partial charge in [-0.15, -0.1) is 0 Å². The number of amides is 2. The van der Waals surface area contributed by atoms with Crippen LogP contribution in [-0.4, -0.2) is 56.2 Å². The predicted octanol–water partition coefficient (Wildman–Crippen LogP) is 0.420. The van der Waals surface area contributed by atoms with Crippen molar-refractivity contribution in [2.45, 2.75) is 13.0 Å². The molecule has 1 heterocycles. The molecule has 0 unspecified atom stereocenters. The van der Waals surface area contributed by atoms with E-state index < -0.39 is 5.91 Å². The fraction of sp³-hybridized carbons (Fsp3) is 0.467. The number of nitrogens with two attached hydrogens (primary N) is 1. The summed E-state index contributed by atoms with van der Waals surface area (Å²) in [6.07, 6.45) is 0.00476. The van der Waals surface area contributed by atoms with Crippen LogP contribution in [0.15, 0.2) is 18.2 Å². The average Bonchev–Trinajstić information content (AvgIpc) is 2.52. The monoisotopic (exact) mass is 308 g/mol. The van der Waals surface area contributed by atoms with E-state index in [0.29, 0.717) is 25.4 Å². The second-order valence-corrected chi connectivity index (χ2v) is 5.01. The zero-order valence-electron chi connectivity index (χ0n) is 12.7. The van der Waals surface area contributed by atoms with Gasteiger partial charge in [-0.2, -0.15) is 0 Å². The maximum Gasteiger partial charge on any atom is 0.260 e. The summed E-state index contributed by atoms with van der Waals surface area (Å²) in [5, 5.41) is 0. The van der Waals surface area contributed by atoms with Crippen molar-refractivity contribution in [2.75, 3.05) is 33.4 Å². The molecule has 7 heteroatoms. The van der Waals surface area contributed by atoms with Crippen molar-refractivity contribution < 1.29 is 23.8 Å². The second kappa shape index (κ2) is 7.13. The van der Waals surface area contributed by atoms with Gasteiger partial charge in [-0.1, -0.05) is 6.07 Å². The van der Waals surface area contributed by atoms with Crippen LogP contribution in [0, 0.1) is 0 Å². The third-order valence-corrected chi connectivity index (χ3v) is 3.40. The summed E-state index contributed by atoms with van der Waals surface area (Å²) in [7, 11) is 1.46. The largest absolute Gasteiger partial charge is 0.493 e. The van der Waals surface area contributed by atoms with Crippen molar-refractivity contribution in [3.63, 3.8) is 0 Å². The molecule has 2 N–H and O–H groups in total. The Labute approximate surface area is 128 Å². The number of nitrogens with zero attached hydrogens (tertiary/aromatic N) is 1. The molecule has 7 nitrogen and oxygen atoms in total. The van der Waals surface area contributed by atoms with Crippen LogP contribution in [-0.2, 0) is 9.53 Å². The smallest absolute Gasteiger partial charge is 0.260 e. The van der Waals surface area contributed by atoms with Gasteiger partial charge in [0, 0.05) is 13.1 Å². The molecule has 1 aromatic carbocycles. The van der Waals surface area contributed by atoms with E-state index in [1.54, 1.807) is 17.0 Å². The van der Waals surface area contributed by atoms with E-state index in [1.165, 1.54) is 13.2 Å². The van der Waals surface area contributed by atoms with Gasteiger partial charge in [0.15, 0.2) is 18.1 Å². The van der Waals surface area contributed by atoms with Gasteiger partial charge >= 0.3 is 0 Å². The van der Waals surface area contributed by atoms with Gasteiger partial charge in [0.1, 0.15) is 0 Å². The summed E-state index contributed by atoms with van der Waals surface area (Å²) >= 11 is 0. The maximum atomic E-state index is 12.2. The lowest BCUT2D eigenvalue weighted by Gasteiger charge is -2.31. The highest BCUT2D eigenvalue weighted by atomic mass is 16.5. The summed E-state index contributed by atoms with van der Waals surface area (Å²) in [4.78, 5) is 25.3. The zero-order chi connectivity index (χ0) is 16.1. The number of ether oxygens (including phenoxy) is 3. The number of methoxy groups -OCH3 is 1. The zero-order valence-corrected chi connectivity index (χ0v) is 12.7. The van der Waals surface area contributed by atoms with Gasteiger partial charge in [0.25, 0.3) is 11.8 Å². The summed E-state index contributed by atoms with van der Waals surface area (Å²) in [5.74, 6) is -0.260. The first kappa shape index (κ1) is 16.1. The summed E-state index contributed by atoms with van der Waals surface area (Å²) < 4.78 is 16.1. The van der Waals surface area contributed by atoms with Crippen LogP contribution in [0.4, 0.5) is 0 Å². The van der Waals surface area contributed by atoms with Crippen LogP contribution in [0.25, 0.3) is 0 Å². The van der Waals surface area contributed by atoms with Gasteiger partial charge < -0.3 is 24.8 Å². The molecule has 22 heavy (non-hydrogen) atoms. The molecule has 1 aliphatic rings. The molecule has 1 saturated heterocycles. The standard InChI is InChI=1S/C15H20N2O5/c1-10-8-17(6-7-21-10)13(18)9-22-14-11(15(16)19)4-3-5-12(14)20-2/h3-5,10H,6-9H2,1-2H3,(H2,16,19)/t10-/m1/s1. The molecular formula is C15H20N2O5. The quantitative estimate of drug-likeness (QED) is 0.851. The lowest BCUT2D eigenvalue weighted by Crippen LogP contribution is -2.46. The molecule has 1 aromatic rings. The van der Waals surface area contributed by atoms with E-state index in [4.69, 9.17) is 19.9 Å². The summed E-state index contributed by atoms with van der Waals surface area (Å²) in [6, 6.07) is 4.81. The Morgan fingerprint density at radius 1 is 1.45 bits per heavy atom. The lowest BCUT2D eigenvalue weighted by atomic mass is 10.2. The van der Waals surface area contributed by atoms with Crippen LogP contribution >= 0.6 is 0 Å². The first-order chi connectivity index (χ1) is 10.5. The molecule has 2 rings (SSSR count). The lowest BCUT2D eigenvalue weighted by molar-refractivity contribution is -0.140. The van der Waals surface area contributed by atoms with Gasteiger partial charge in [-0.3, -0.25) is 9.59 Å². The minimum absolute atomic E-state index is 0.00476. The van der Waals surface area contributed by atoms with E-state index in [-0.39, 0.29) is 29.9 Å². The molecule has 120 valence electrons. The Morgan fingerprint density at radius 3 is 2.86 bits per heavy atom. The van der Waals surface area contributed by atoms with E-state index in [2.05, 4.69) is 0 Å². The maximum absolute atomic E-state index is 12.2. The number of hydrogen-bond acceptors (Lipinski definition) is 5. The van der Waals surface area contributed by atoms with Crippen LogP contribution < -0.4 is 15.2 Å². The van der Waals surface area contributed by atoms with Crippen molar-refractivity contribution >= 4 is 11.8 Å². The van der Waals surface area contributed by atoms with Gasteiger partial charge in [-0.05, 0) is 19.1 Å². The van der Waals surface area contributed by atoms with Crippen molar-refractivity contribution in [3.8, 4) is 11.5 Å². The van der Waals surface area contributed by atoms with E-state index in [9.17, 15) is 9.59 Å². The number of carbonyl (C=O) groups excluding carboxylic acids is 2. The molecule has 0 radical (unpaired) electrons. The fourth-order valence-electron chi connectivity index (χ4n) is 2.29. The molecule has 1 fully saturated rings. The molecule has 2 amide bonds. The number of benzene rings is 1. The Hall–Kier alpha value is -2.28. The van der Waals surface area contributed by atoms with Crippen molar-refractivity contribution in [2.24, 2.45) is 5.73 Å². The molecule has 1 aliphatic heterocycles. The highest BCUT2D eigenvalue weighted by Gasteiger charge is 2.23. The van der Waals surface area contributed by atoms with Crippen LogP contribution in [0.1, 0.15) is 17.3 Å². The fourth-order valence-corrected chi connectivity index (χ4v) is 2.29. The minimum atomic E-state index is -0.638. The predicted molar refractivity (Wildman–Crippen MR) is 79.0 cm³/mol. The van der Waals surface area contributed by atoms with Crippen LogP contribution in [0.2, 0.25) is 0 Å². The van der Waals surface area contributed by atoms with Crippen molar-refractivity contribution in [3.05, 3.63) is 23.8 Å². The highest BCUT2D eigenvalue weighted by molar-refractivity contribution is 5.96. The number of hydrogen-bond donors (Lipinski definition) is 1. The van der Waals surface area contributed by atoms with Crippen molar-refractivity contribution in [1.82, 2.24) is 4.90 Å². The molecule has 0 spiro atoms. The number of carbonyl (C=O) groups is 2. The van der Waals surface area contributed by atoms with Crippen LogP contribution in [0.5, 0.6) is 11.5 Å². The molecular weight excluding hydrogens is 288 g/mol.